The quantitative estimate of drug-likeness (QED) is 0.744. The van der Waals surface area contributed by atoms with Gasteiger partial charge in [0.2, 0.25) is 5.76 Å². The standard InChI is InChI=1S/C11H11NO4/c1-3-14-11(13)10-7(2)9(12-16-10)8-5-4-6-15-8/h4-6H,3H2,1-2H3. The number of nitrogens with zero attached hydrogens (tertiary/aromatic N) is 1. The summed E-state index contributed by atoms with van der Waals surface area (Å²) >= 11 is 0. The Morgan fingerprint density at radius 1 is 1.56 bits per heavy atom. The highest BCUT2D eigenvalue weighted by Gasteiger charge is 2.21. The molecular weight excluding hydrogens is 210 g/mol. The van der Waals surface area contributed by atoms with Crippen molar-refractivity contribution < 1.29 is 18.5 Å². The lowest BCUT2D eigenvalue weighted by Gasteiger charge is -1.97. The SMILES string of the molecule is CCOC(=O)c1onc(-c2ccco2)c1C. The Labute approximate surface area is 92.0 Å². The number of carbonyl (C=O) groups excluding carboxylic acids is 1. The molecule has 0 unspecified atom stereocenters. The molecule has 5 nitrogen and oxygen atoms in total. The highest BCUT2D eigenvalue weighted by Crippen LogP contribution is 2.25. The zero-order chi connectivity index (χ0) is 11.5. The van der Waals surface area contributed by atoms with Crippen molar-refractivity contribution in [3.8, 4) is 11.5 Å². The fourth-order valence-corrected chi connectivity index (χ4v) is 1.37. The minimum absolute atomic E-state index is 0.119. The van der Waals surface area contributed by atoms with Gasteiger partial charge < -0.3 is 13.7 Å². The van der Waals surface area contributed by atoms with E-state index in [-0.39, 0.29) is 5.76 Å². The molecule has 0 aliphatic rings. The second kappa shape index (κ2) is 4.22. The molecule has 2 aromatic heterocycles. The summed E-state index contributed by atoms with van der Waals surface area (Å²) < 4.78 is 15.0. The second-order valence-electron chi connectivity index (χ2n) is 3.18. The van der Waals surface area contributed by atoms with Crippen molar-refractivity contribution in [3.63, 3.8) is 0 Å². The van der Waals surface area contributed by atoms with E-state index in [4.69, 9.17) is 13.7 Å². The first kappa shape index (κ1) is 10.5. The van der Waals surface area contributed by atoms with E-state index in [1.54, 1.807) is 26.0 Å². The molecular formula is C11H11NO4. The Morgan fingerprint density at radius 2 is 2.38 bits per heavy atom. The van der Waals surface area contributed by atoms with Crippen molar-refractivity contribution in [3.05, 3.63) is 29.7 Å². The van der Waals surface area contributed by atoms with Crippen LogP contribution >= 0.6 is 0 Å². The lowest BCUT2D eigenvalue weighted by molar-refractivity contribution is 0.0478. The van der Waals surface area contributed by atoms with E-state index < -0.39 is 5.97 Å². The monoisotopic (exact) mass is 221 g/mol. The van der Waals surface area contributed by atoms with Crippen LogP contribution in [0.15, 0.2) is 27.3 Å². The number of aromatic nitrogens is 1. The summed E-state index contributed by atoms with van der Waals surface area (Å²) in [5, 5.41) is 3.79. The van der Waals surface area contributed by atoms with E-state index in [1.165, 1.54) is 6.26 Å². The van der Waals surface area contributed by atoms with Gasteiger partial charge >= 0.3 is 5.97 Å². The molecule has 0 saturated heterocycles. The van der Waals surface area contributed by atoms with Gasteiger partial charge in [-0.05, 0) is 26.0 Å². The van der Waals surface area contributed by atoms with E-state index in [1.807, 2.05) is 0 Å². The van der Waals surface area contributed by atoms with Crippen molar-refractivity contribution in [2.45, 2.75) is 13.8 Å². The van der Waals surface area contributed by atoms with Crippen molar-refractivity contribution >= 4 is 5.97 Å². The molecule has 0 aliphatic heterocycles. The van der Waals surface area contributed by atoms with Crippen molar-refractivity contribution in [2.75, 3.05) is 6.61 Å². The zero-order valence-electron chi connectivity index (χ0n) is 9.02. The van der Waals surface area contributed by atoms with Gasteiger partial charge in [0.25, 0.3) is 0 Å². The third kappa shape index (κ3) is 1.71. The minimum atomic E-state index is -0.509. The van der Waals surface area contributed by atoms with Crippen LogP contribution in [-0.4, -0.2) is 17.7 Å². The molecule has 0 spiro atoms. The average molecular weight is 221 g/mol. The smallest absolute Gasteiger partial charge is 0.377 e. The molecule has 0 radical (unpaired) electrons. The summed E-state index contributed by atoms with van der Waals surface area (Å²) in [6.07, 6.45) is 1.54. The third-order valence-electron chi connectivity index (χ3n) is 2.14. The van der Waals surface area contributed by atoms with Crippen molar-refractivity contribution in [2.24, 2.45) is 0 Å². The maximum absolute atomic E-state index is 11.5. The Bertz CT molecular complexity index is 484. The van der Waals surface area contributed by atoms with Gasteiger partial charge in [0.1, 0.15) is 0 Å². The van der Waals surface area contributed by atoms with Gasteiger partial charge in [-0.3, -0.25) is 0 Å². The zero-order valence-corrected chi connectivity index (χ0v) is 9.02. The second-order valence-corrected chi connectivity index (χ2v) is 3.18. The lowest BCUT2D eigenvalue weighted by Crippen LogP contribution is -2.04. The van der Waals surface area contributed by atoms with Crippen LogP contribution in [-0.2, 0) is 4.74 Å². The van der Waals surface area contributed by atoms with E-state index in [9.17, 15) is 4.79 Å². The molecule has 0 aromatic carbocycles. The Hall–Kier alpha value is -2.04. The van der Waals surface area contributed by atoms with Gasteiger partial charge in [0.05, 0.1) is 12.9 Å². The Kier molecular flexibility index (Phi) is 2.76. The van der Waals surface area contributed by atoms with E-state index in [0.717, 1.165) is 0 Å². The maximum atomic E-state index is 11.5. The fraction of sp³-hybridized carbons (Fsp3) is 0.273. The van der Waals surface area contributed by atoms with Crippen molar-refractivity contribution in [1.82, 2.24) is 5.16 Å². The normalized spacial score (nSPS) is 10.4. The first-order chi connectivity index (χ1) is 7.74. The summed E-state index contributed by atoms with van der Waals surface area (Å²) in [7, 11) is 0. The van der Waals surface area contributed by atoms with Gasteiger partial charge in [0, 0.05) is 5.56 Å². The molecule has 0 amide bonds. The first-order valence-electron chi connectivity index (χ1n) is 4.91. The molecule has 0 bridgehead atoms. The molecule has 2 rings (SSSR count). The van der Waals surface area contributed by atoms with E-state index in [2.05, 4.69) is 5.16 Å². The fourth-order valence-electron chi connectivity index (χ4n) is 1.37. The average Bonchev–Trinajstić information content (AvgIpc) is 2.86. The number of ether oxygens (including phenoxy) is 1. The molecule has 0 saturated carbocycles. The van der Waals surface area contributed by atoms with Crippen LogP contribution < -0.4 is 0 Å². The van der Waals surface area contributed by atoms with Crippen LogP contribution in [0, 0.1) is 6.92 Å². The number of hydrogen-bond donors (Lipinski definition) is 0. The van der Waals surface area contributed by atoms with Crippen LogP contribution in [0.1, 0.15) is 23.0 Å². The van der Waals surface area contributed by atoms with Crippen LogP contribution in [0.5, 0.6) is 0 Å². The summed E-state index contributed by atoms with van der Waals surface area (Å²) in [5.74, 6) is 0.176. The molecule has 0 N–H and O–H groups in total. The predicted molar refractivity (Wildman–Crippen MR) is 54.9 cm³/mol. The summed E-state index contributed by atoms with van der Waals surface area (Å²) in [6, 6.07) is 3.49. The number of esters is 1. The molecule has 5 heteroatoms. The third-order valence-corrected chi connectivity index (χ3v) is 2.14. The number of hydrogen-bond acceptors (Lipinski definition) is 5. The van der Waals surface area contributed by atoms with E-state index >= 15 is 0 Å². The van der Waals surface area contributed by atoms with Gasteiger partial charge in [-0.1, -0.05) is 5.16 Å². The highest BCUT2D eigenvalue weighted by molar-refractivity contribution is 5.89. The largest absolute Gasteiger partial charge is 0.463 e. The Morgan fingerprint density at radius 3 is 3.00 bits per heavy atom. The lowest BCUT2D eigenvalue weighted by atomic mass is 10.2. The highest BCUT2D eigenvalue weighted by atomic mass is 16.6. The molecule has 0 fully saturated rings. The van der Waals surface area contributed by atoms with Crippen LogP contribution in [0.25, 0.3) is 11.5 Å². The molecule has 0 atom stereocenters. The minimum Gasteiger partial charge on any atom is -0.463 e. The van der Waals surface area contributed by atoms with Gasteiger partial charge in [-0.25, -0.2) is 4.79 Å². The van der Waals surface area contributed by atoms with Crippen molar-refractivity contribution in [1.29, 1.82) is 0 Å². The number of rotatable bonds is 3. The molecule has 0 aliphatic carbocycles. The molecule has 84 valence electrons. The first-order valence-corrected chi connectivity index (χ1v) is 4.91. The molecule has 2 heterocycles. The molecule has 16 heavy (non-hydrogen) atoms. The number of carbonyl (C=O) groups is 1. The summed E-state index contributed by atoms with van der Waals surface area (Å²) in [4.78, 5) is 11.5. The summed E-state index contributed by atoms with van der Waals surface area (Å²) in [5.41, 5.74) is 1.14. The van der Waals surface area contributed by atoms with Crippen LogP contribution in [0.2, 0.25) is 0 Å². The maximum Gasteiger partial charge on any atom is 0.377 e. The summed E-state index contributed by atoms with van der Waals surface area (Å²) in [6.45, 7) is 3.77. The topological polar surface area (TPSA) is 65.5 Å². The Balaban J connectivity index is 2.35. The van der Waals surface area contributed by atoms with Crippen LogP contribution in [0.4, 0.5) is 0 Å². The van der Waals surface area contributed by atoms with Crippen LogP contribution in [0.3, 0.4) is 0 Å². The predicted octanol–water partition coefficient (Wildman–Crippen LogP) is 2.42. The van der Waals surface area contributed by atoms with E-state index in [0.29, 0.717) is 23.6 Å². The molecule has 2 aromatic rings. The number of furan rings is 1. The van der Waals surface area contributed by atoms with Gasteiger partial charge in [0.15, 0.2) is 11.5 Å². The van der Waals surface area contributed by atoms with Gasteiger partial charge in [-0.15, -0.1) is 0 Å². The van der Waals surface area contributed by atoms with Gasteiger partial charge in [-0.2, -0.15) is 0 Å².